The van der Waals surface area contributed by atoms with E-state index in [2.05, 4.69) is 34.8 Å². The van der Waals surface area contributed by atoms with Crippen LogP contribution in [-0.4, -0.2) is 6.21 Å². The zero-order valence-corrected chi connectivity index (χ0v) is 10.9. The molecule has 2 aromatic carbocycles. The largest absolute Gasteiger partial charge is 0.279 e. The van der Waals surface area contributed by atoms with Crippen LogP contribution < -0.4 is 5.43 Å². The first-order valence-electron chi connectivity index (χ1n) is 6.86. The van der Waals surface area contributed by atoms with E-state index < -0.39 is 0 Å². The number of nitrogens with zero attached hydrogens (tertiary/aromatic N) is 1. The third-order valence-corrected chi connectivity index (χ3v) is 3.69. The van der Waals surface area contributed by atoms with Gasteiger partial charge in [0.15, 0.2) is 0 Å². The van der Waals surface area contributed by atoms with Crippen molar-refractivity contribution in [2.45, 2.75) is 25.2 Å². The molecule has 0 aromatic heterocycles. The van der Waals surface area contributed by atoms with Gasteiger partial charge < -0.3 is 0 Å². The fraction of sp³-hybridized carbons (Fsp3) is 0.235. The Bertz CT molecular complexity index is 539. The van der Waals surface area contributed by atoms with Gasteiger partial charge in [-0.05, 0) is 42.0 Å². The van der Waals surface area contributed by atoms with Crippen molar-refractivity contribution >= 4 is 11.9 Å². The van der Waals surface area contributed by atoms with E-state index in [-0.39, 0.29) is 0 Å². The number of hydrogen-bond acceptors (Lipinski definition) is 2. The molecule has 0 amide bonds. The van der Waals surface area contributed by atoms with Gasteiger partial charge >= 0.3 is 0 Å². The smallest absolute Gasteiger partial charge is 0.0561 e. The second-order valence-corrected chi connectivity index (χ2v) is 5.03. The molecule has 1 fully saturated rings. The van der Waals surface area contributed by atoms with Gasteiger partial charge in [0, 0.05) is 0 Å². The summed E-state index contributed by atoms with van der Waals surface area (Å²) in [6, 6.07) is 18.7. The van der Waals surface area contributed by atoms with Crippen molar-refractivity contribution in [1.29, 1.82) is 0 Å². The molecular formula is C17H18N2. The molecule has 0 radical (unpaired) electrons. The highest BCUT2D eigenvalue weighted by Crippen LogP contribution is 2.36. The van der Waals surface area contributed by atoms with Gasteiger partial charge in [-0.3, -0.25) is 5.43 Å². The summed E-state index contributed by atoms with van der Waals surface area (Å²) in [5.41, 5.74) is 6.63. The van der Waals surface area contributed by atoms with Crippen LogP contribution in [0.1, 0.15) is 36.3 Å². The Kier molecular flexibility index (Phi) is 3.59. The van der Waals surface area contributed by atoms with Crippen molar-refractivity contribution in [3.05, 3.63) is 65.7 Å². The van der Waals surface area contributed by atoms with E-state index in [4.69, 9.17) is 0 Å². The molecule has 0 bridgehead atoms. The Morgan fingerprint density at radius 2 is 1.68 bits per heavy atom. The standard InChI is InChI=1S/C17H18N2/c1-2-7-17(8-3-1)19-18-13-14-9-11-16(12-10-14)15-5-4-6-15/h1-3,7-13,15,19H,4-6H2. The normalized spacial score (nSPS) is 15.4. The average molecular weight is 250 g/mol. The lowest BCUT2D eigenvalue weighted by molar-refractivity contribution is 0.420. The van der Waals surface area contributed by atoms with E-state index in [9.17, 15) is 0 Å². The predicted molar refractivity (Wildman–Crippen MR) is 80.7 cm³/mol. The quantitative estimate of drug-likeness (QED) is 0.631. The number of rotatable bonds is 4. The molecule has 1 saturated carbocycles. The number of anilines is 1. The lowest BCUT2D eigenvalue weighted by atomic mass is 9.80. The molecule has 1 N–H and O–H groups in total. The Morgan fingerprint density at radius 3 is 2.32 bits per heavy atom. The van der Waals surface area contributed by atoms with Gasteiger partial charge in [0.05, 0.1) is 11.9 Å². The summed E-state index contributed by atoms with van der Waals surface area (Å²) >= 11 is 0. The van der Waals surface area contributed by atoms with Gasteiger partial charge in [-0.25, -0.2) is 0 Å². The summed E-state index contributed by atoms with van der Waals surface area (Å²) in [7, 11) is 0. The second kappa shape index (κ2) is 5.70. The van der Waals surface area contributed by atoms with E-state index in [1.807, 2.05) is 36.5 Å². The number of nitrogens with one attached hydrogen (secondary N) is 1. The van der Waals surface area contributed by atoms with Gasteiger partial charge in [-0.15, -0.1) is 0 Å². The van der Waals surface area contributed by atoms with E-state index in [1.54, 1.807) is 0 Å². The molecule has 3 rings (SSSR count). The SMILES string of the molecule is C(=NNc1ccccc1)c1ccc(C2CCC2)cc1. The summed E-state index contributed by atoms with van der Waals surface area (Å²) in [4.78, 5) is 0. The summed E-state index contributed by atoms with van der Waals surface area (Å²) in [6.45, 7) is 0. The summed E-state index contributed by atoms with van der Waals surface area (Å²) in [5, 5.41) is 4.25. The maximum atomic E-state index is 4.25. The summed E-state index contributed by atoms with van der Waals surface area (Å²) < 4.78 is 0. The fourth-order valence-corrected chi connectivity index (χ4v) is 2.29. The van der Waals surface area contributed by atoms with E-state index in [0.29, 0.717) is 0 Å². The Hall–Kier alpha value is -2.09. The molecular weight excluding hydrogens is 232 g/mol. The average Bonchev–Trinajstić information content (AvgIpc) is 2.40. The molecule has 1 aliphatic carbocycles. The van der Waals surface area contributed by atoms with E-state index in [0.717, 1.165) is 17.2 Å². The van der Waals surface area contributed by atoms with Crippen molar-refractivity contribution < 1.29 is 0 Å². The lowest BCUT2D eigenvalue weighted by Gasteiger charge is -2.25. The molecule has 0 unspecified atom stereocenters. The zero-order valence-electron chi connectivity index (χ0n) is 10.9. The highest BCUT2D eigenvalue weighted by atomic mass is 15.3. The van der Waals surface area contributed by atoms with Crippen LogP contribution in [0.25, 0.3) is 0 Å². The summed E-state index contributed by atoms with van der Waals surface area (Å²) in [6.07, 6.45) is 5.94. The van der Waals surface area contributed by atoms with Gasteiger partial charge in [0.2, 0.25) is 0 Å². The number of hydrazone groups is 1. The molecule has 2 aromatic rings. The Balaban J connectivity index is 1.60. The van der Waals surface area contributed by atoms with Gasteiger partial charge in [0.1, 0.15) is 0 Å². The molecule has 0 aliphatic heterocycles. The molecule has 2 heteroatoms. The van der Waals surface area contributed by atoms with Crippen molar-refractivity contribution in [3.63, 3.8) is 0 Å². The van der Waals surface area contributed by atoms with Gasteiger partial charge in [-0.2, -0.15) is 5.10 Å². The van der Waals surface area contributed by atoms with Gasteiger partial charge in [0.25, 0.3) is 0 Å². The first kappa shape index (κ1) is 12.0. The molecule has 96 valence electrons. The van der Waals surface area contributed by atoms with Crippen LogP contribution in [0.4, 0.5) is 5.69 Å². The van der Waals surface area contributed by atoms with Crippen molar-refractivity contribution in [2.24, 2.45) is 5.10 Å². The number of hydrogen-bond donors (Lipinski definition) is 1. The number of benzene rings is 2. The maximum Gasteiger partial charge on any atom is 0.0561 e. The van der Waals surface area contributed by atoms with Crippen LogP contribution in [0, 0.1) is 0 Å². The van der Waals surface area contributed by atoms with E-state index >= 15 is 0 Å². The Morgan fingerprint density at radius 1 is 0.947 bits per heavy atom. The third kappa shape index (κ3) is 3.02. The monoisotopic (exact) mass is 250 g/mol. The fourth-order valence-electron chi connectivity index (χ4n) is 2.29. The van der Waals surface area contributed by atoms with Crippen LogP contribution in [0.2, 0.25) is 0 Å². The van der Waals surface area contributed by atoms with Crippen molar-refractivity contribution in [1.82, 2.24) is 0 Å². The molecule has 0 heterocycles. The molecule has 1 aliphatic rings. The predicted octanol–water partition coefficient (Wildman–Crippen LogP) is 4.40. The maximum absolute atomic E-state index is 4.25. The van der Waals surface area contributed by atoms with E-state index in [1.165, 1.54) is 24.8 Å². The zero-order chi connectivity index (χ0) is 12.9. The molecule has 0 atom stereocenters. The first-order chi connectivity index (χ1) is 9.42. The van der Waals surface area contributed by atoms with Crippen LogP contribution in [0.15, 0.2) is 59.7 Å². The lowest BCUT2D eigenvalue weighted by Crippen LogP contribution is -2.08. The highest BCUT2D eigenvalue weighted by molar-refractivity contribution is 5.80. The van der Waals surface area contributed by atoms with Crippen LogP contribution >= 0.6 is 0 Å². The summed E-state index contributed by atoms with van der Waals surface area (Å²) in [5.74, 6) is 0.799. The molecule has 0 spiro atoms. The number of para-hydroxylation sites is 1. The molecule has 0 saturated heterocycles. The van der Waals surface area contributed by atoms with Crippen LogP contribution in [0.5, 0.6) is 0 Å². The Labute approximate surface area is 114 Å². The minimum Gasteiger partial charge on any atom is -0.279 e. The first-order valence-corrected chi connectivity index (χ1v) is 6.86. The van der Waals surface area contributed by atoms with Crippen LogP contribution in [-0.2, 0) is 0 Å². The second-order valence-electron chi connectivity index (χ2n) is 5.03. The van der Waals surface area contributed by atoms with Gasteiger partial charge in [-0.1, -0.05) is 48.9 Å². The minimum absolute atomic E-state index is 0.799. The topological polar surface area (TPSA) is 24.4 Å². The van der Waals surface area contributed by atoms with Crippen molar-refractivity contribution in [2.75, 3.05) is 5.43 Å². The van der Waals surface area contributed by atoms with Crippen molar-refractivity contribution in [3.8, 4) is 0 Å². The third-order valence-electron chi connectivity index (χ3n) is 3.69. The minimum atomic E-state index is 0.799. The highest BCUT2D eigenvalue weighted by Gasteiger charge is 2.18. The molecule has 2 nitrogen and oxygen atoms in total. The molecule has 19 heavy (non-hydrogen) atoms. The van der Waals surface area contributed by atoms with Crippen LogP contribution in [0.3, 0.4) is 0 Å².